The molecule has 0 unspecified atom stereocenters. The van der Waals surface area contributed by atoms with Crippen LogP contribution in [-0.4, -0.2) is 39.6 Å². The lowest BCUT2D eigenvalue weighted by molar-refractivity contribution is -0.136. The Morgan fingerprint density at radius 2 is 1.96 bits per heavy atom. The highest BCUT2D eigenvalue weighted by atomic mass is 16.2. The van der Waals surface area contributed by atoms with Gasteiger partial charge < -0.3 is 10.2 Å². The van der Waals surface area contributed by atoms with E-state index in [0.717, 1.165) is 50.8 Å². The highest BCUT2D eigenvalue weighted by molar-refractivity contribution is 5.82. The van der Waals surface area contributed by atoms with Crippen LogP contribution in [0.3, 0.4) is 0 Å². The summed E-state index contributed by atoms with van der Waals surface area (Å²) in [6.07, 6.45) is 8.24. The standard InChI is InChI=1S/C17H26N4O2/c1-3-15(14-10-18-20(2)11-14)19-16(22)12-6-8-21(9-7-12)17(23)13-4-5-13/h10-13,15H,3-9H2,1-2H3,(H,19,22)/t15-/m1/s1. The fraction of sp³-hybridized carbons (Fsp3) is 0.706. The quantitative estimate of drug-likeness (QED) is 0.897. The Kier molecular flexibility index (Phi) is 4.68. The van der Waals surface area contributed by atoms with E-state index in [4.69, 9.17) is 0 Å². The van der Waals surface area contributed by atoms with Crippen LogP contribution in [0, 0.1) is 11.8 Å². The maximum atomic E-state index is 12.5. The van der Waals surface area contributed by atoms with E-state index >= 15 is 0 Å². The molecular formula is C17H26N4O2. The fourth-order valence-electron chi connectivity index (χ4n) is 3.28. The summed E-state index contributed by atoms with van der Waals surface area (Å²) < 4.78 is 1.76. The van der Waals surface area contributed by atoms with Gasteiger partial charge in [-0.25, -0.2) is 0 Å². The predicted molar refractivity (Wildman–Crippen MR) is 86.4 cm³/mol. The van der Waals surface area contributed by atoms with Crippen LogP contribution < -0.4 is 5.32 Å². The lowest BCUT2D eigenvalue weighted by Crippen LogP contribution is -2.44. The van der Waals surface area contributed by atoms with Crippen molar-refractivity contribution in [1.82, 2.24) is 20.0 Å². The second-order valence-corrected chi connectivity index (χ2v) is 6.79. The summed E-state index contributed by atoms with van der Waals surface area (Å²) >= 11 is 0. The Hall–Kier alpha value is -1.85. The van der Waals surface area contributed by atoms with Gasteiger partial charge in [-0.05, 0) is 32.1 Å². The zero-order valence-electron chi connectivity index (χ0n) is 14.0. The molecule has 1 saturated heterocycles. The van der Waals surface area contributed by atoms with Crippen molar-refractivity contribution in [1.29, 1.82) is 0 Å². The SMILES string of the molecule is CC[C@@H](NC(=O)C1CCN(C(=O)C2CC2)CC1)c1cnn(C)c1. The third kappa shape index (κ3) is 3.74. The van der Waals surface area contributed by atoms with Crippen molar-refractivity contribution < 1.29 is 9.59 Å². The summed E-state index contributed by atoms with van der Waals surface area (Å²) in [5.41, 5.74) is 1.05. The predicted octanol–water partition coefficient (Wildman–Crippen LogP) is 1.64. The summed E-state index contributed by atoms with van der Waals surface area (Å²) in [5.74, 6) is 0.698. The van der Waals surface area contributed by atoms with Gasteiger partial charge in [0.25, 0.3) is 0 Å². The molecule has 23 heavy (non-hydrogen) atoms. The molecule has 2 heterocycles. The molecule has 0 aromatic carbocycles. The van der Waals surface area contributed by atoms with Crippen molar-refractivity contribution in [3.63, 3.8) is 0 Å². The Labute approximate surface area is 137 Å². The van der Waals surface area contributed by atoms with Crippen LogP contribution in [0.4, 0.5) is 0 Å². The number of hydrogen-bond acceptors (Lipinski definition) is 3. The molecule has 1 aromatic heterocycles. The Morgan fingerprint density at radius 3 is 2.48 bits per heavy atom. The summed E-state index contributed by atoms with van der Waals surface area (Å²) in [6, 6.07) is 0.0160. The average molecular weight is 318 g/mol. The van der Waals surface area contributed by atoms with Crippen LogP contribution in [-0.2, 0) is 16.6 Å². The number of nitrogens with one attached hydrogen (secondary N) is 1. The van der Waals surface area contributed by atoms with Gasteiger partial charge in [0.2, 0.25) is 11.8 Å². The topological polar surface area (TPSA) is 67.2 Å². The van der Waals surface area contributed by atoms with Gasteiger partial charge in [-0.3, -0.25) is 14.3 Å². The number of nitrogens with zero attached hydrogens (tertiary/aromatic N) is 3. The summed E-state index contributed by atoms with van der Waals surface area (Å²) in [5, 5.41) is 7.33. The van der Waals surface area contributed by atoms with Gasteiger partial charge in [0.05, 0.1) is 12.2 Å². The Bertz CT molecular complexity index is 571. The van der Waals surface area contributed by atoms with Crippen molar-refractivity contribution >= 4 is 11.8 Å². The van der Waals surface area contributed by atoms with E-state index in [1.165, 1.54) is 0 Å². The number of amides is 2. The largest absolute Gasteiger partial charge is 0.349 e. The van der Waals surface area contributed by atoms with Crippen LogP contribution in [0.5, 0.6) is 0 Å². The summed E-state index contributed by atoms with van der Waals surface area (Å²) in [7, 11) is 1.88. The van der Waals surface area contributed by atoms with Crippen LogP contribution >= 0.6 is 0 Å². The molecule has 0 bridgehead atoms. The monoisotopic (exact) mass is 318 g/mol. The summed E-state index contributed by atoms with van der Waals surface area (Å²) in [4.78, 5) is 26.5. The van der Waals surface area contributed by atoms with Gasteiger partial charge in [-0.1, -0.05) is 6.92 Å². The maximum Gasteiger partial charge on any atom is 0.225 e. The Morgan fingerprint density at radius 1 is 1.26 bits per heavy atom. The van der Waals surface area contributed by atoms with Crippen molar-refractivity contribution in [3.05, 3.63) is 18.0 Å². The van der Waals surface area contributed by atoms with Gasteiger partial charge in [0.1, 0.15) is 0 Å². The zero-order valence-corrected chi connectivity index (χ0v) is 14.0. The fourth-order valence-corrected chi connectivity index (χ4v) is 3.28. The van der Waals surface area contributed by atoms with E-state index in [-0.39, 0.29) is 23.8 Å². The van der Waals surface area contributed by atoms with E-state index in [9.17, 15) is 9.59 Å². The van der Waals surface area contributed by atoms with Gasteiger partial charge in [0, 0.05) is 43.7 Å². The van der Waals surface area contributed by atoms with E-state index in [0.29, 0.717) is 5.91 Å². The minimum Gasteiger partial charge on any atom is -0.349 e. The molecule has 1 aromatic rings. The first-order valence-corrected chi connectivity index (χ1v) is 8.66. The molecule has 3 rings (SSSR count). The summed E-state index contributed by atoms with van der Waals surface area (Å²) in [6.45, 7) is 3.50. The third-order valence-electron chi connectivity index (χ3n) is 4.96. The number of carbonyl (C=O) groups is 2. The van der Waals surface area contributed by atoms with Crippen LogP contribution in [0.1, 0.15) is 50.6 Å². The molecule has 1 atom stereocenters. The second kappa shape index (κ2) is 6.72. The molecule has 2 fully saturated rings. The molecule has 2 aliphatic rings. The number of hydrogen-bond donors (Lipinski definition) is 1. The first-order valence-electron chi connectivity index (χ1n) is 8.66. The maximum absolute atomic E-state index is 12.5. The van der Waals surface area contributed by atoms with Crippen molar-refractivity contribution in [3.8, 4) is 0 Å². The van der Waals surface area contributed by atoms with Gasteiger partial charge in [-0.15, -0.1) is 0 Å². The minimum absolute atomic E-state index is 0.0160. The number of likely N-dealkylation sites (tertiary alicyclic amines) is 1. The van der Waals surface area contributed by atoms with Crippen molar-refractivity contribution in [2.75, 3.05) is 13.1 Å². The molecule has 1 aliphatic heterocycles. The molecule has 126 valence electrons. The number of rotatable bonds is 5. The van der Waals surface area contributed by atoms with Crippen molar-refractivity contribution in [2.45, 2.75) is 45.1 Å². The highest BCUT2D eigenvalue weighted by Crippen LogP contribution is 2.32. The molecule has 1 N–H and O–H groups in total. The van der Waals surface area contributed by atoms with Gasteiger partial charge in [0.15, 0.2) is 0 Å². The first kappa shape index (κ1) is 16.0. The second-order valence-electron chi connectivity index (χ2n) is 6.79. The molecule has 6 nitrogen and oxygen atoms in total. The average Bonchev–Trinajstić information content (AvgIpc) is 3.33. The lowest BCUT2D eigenvalue weighted by atomic mass is 9.94. The zero-order chi connectivity index (χ0) is 16.4. The van der Waals surface area contributed by atoms with Crippen molar-refractivity contribution in [2.24, 2.45) is 18.9 Å². The number of aromatic nitrogens is 2. The molecule has 2 amide bonds. The molecular weight excluding hydrogens is 292 g/mol. The van der Waals surface area contributed by atoms with E-state index in [1.807, 2.05) is 24.3 Å². The van der Waals surface area contributed by atoms with E-state index in [2.05, 4.69) is 17.3 Å². The van der Waals surface area contributed by atoms with Crippen LogP contribution in [0.2, 0.25) is 0 Å². The van der Waals surface area contributed by atoms with Crippen LogP contribution in [0.25, 0.3) is 0 Å². The highest BCUT2D eigenvalue weighted by Gasteiger charge is 2.36. The lowest BCUT2D eigenvalue weighted by Gasteiger charge is -2.32. The number of aryl methyl sites for hydroxylation is 1. The van der Waals surface area contributed by atoms with Crippen LogP contribution in [0.15, 0.2) is 12.4 Å². The van der Waals surface area contributed by atoms with E-state index < -0.39 is 0 Å². The molecule has 1 aliphatic carbocycles. The Balaban J connectivity index is 1.51. The smallest absolute Gasteiger partial charge is 0.225 e. The third-order valence-corrected chi connectivity index (χ3v) is 4.96. The molecule has 0 spiro atoms. The van der Waals surface area contributed by atoms with Gasteiger partial charge in [-0.2, -0.15) is 5.10 Å². The number of piperidine rings is 1. The molecule has 1 saturated carbocycles. The molecule has 6 heteroatoms. The normalized spacial score (nSPS) is 20.3. The number of carbonyl (C=O) groups excluding carboxylic acids is 2. The van der Waals surface area contributed by atoms with E-state index in [1.54, 1.807) is 4.68 Å². The first-order chi connectivity index (χ1) is 11.1. The molecule has 0 radical (unpaired) electrons. The van der Waals surface area contributed by atoms with Gasteiger partial charge >= 0.3 is 0 Å². The minimum atomic E-state index is 0.0160.